The predicted octanol–water partition coefficient (Wildman–Crippen LogP) is 5.68. The number of hydrogen-bond donors (Lipinski definition) is 2. The molecule has 3 aromatic rings. The molecule has 3 heterocycles. The first kappa shape index (κ1) is 29.5. The summed E-state index contributed by atoms with van der Waals surface area (Å²) in [5.74, 6) is 0.516. The SMILES string of the molecule is O=S(=O)(NCC(F)(F)F)c1cccc2c1CC(=CCCN1CCC(O)(c3ccc(Cl)cc3)CC1)c1cccnc1O2. The van der Waals surface area contributed by atoms with E-state index in [0.29, 0.717) is 55.4 Å². The van der Waals surface area contributed by atoms with Crippen molar-refractivity contribution >= 4 is 27.2 Å². The van der Waals surface area contributed by atoms with Gasteiger partial charge in [0.2, 0.25) is 15.9 Å². The Kier molecular flexibility index (Phi) is 8.45. The first-order valence-electron chi connectivity index (χ1n) is 13.1. The average molecular weight is 608 g/mol. The first-order chi connectivity index (χ1) is 19.4. The van der Waals surface area contributed by atoms with Crippen LogP contribution in [-0.2, 0) is 22.0 Å². The van der Waals surface area contributed by atoms with Crippen molar-refractivity contribution in [3.05, 3.63) is 88.6 Å². The van der Waals surface area contributed by atoms with Gasteiger partial charge in [0.1, 0.15) is 12.3 Å². The second kappa shape index (κ2) is 11.7. The van der Waals surface area contributed by atoms with E-state index in [1.165, 1.54) is 12.1 Å². The third kappa shape index (κ3) is 6.92. The molecule has 5 rings (SSSR count). The van der Waals surface area contributed by atoms with Crippen molar-refractivity contribution in [1.82, 2.24) is 14.6 Å². The third-order valence-corrected chi connectivity index (χ3v) is 9.17. The molecule has 2 aliphatic heterocycles. The number of aromatic nitrogens is 1. The molecule has 2 aliphatic rings. The molecule has 1 aromatic heterocycles. The Hall–Kier alpha value is -2.96. The van der Waals surface area contributed by atoms with E-state index in [9.17, 15) is 26.7 Å². The molecule has 7 nitrogen and oxygen atoms in total. The Morgan fingerprint density at radius 1 is 1.10 bits per heavy atom. The van der Waals surface area contributed by atoms with E-state index in [1.807, 2.05) is 24.3 Å². The Morgan fingerprint density at radius 2 is 1.83 bits per heavy atom. The fourth-order valence-corrected chi connectivity index (χ4v) is 6.62. The van der Waals surface area contributed by atoms with E-state index in [4.69, 9.17) is 16.3 Å². The zero-order valence-corrected chi connectivity index (χ0v) is 23.6. The van der Waals surface area contributed by atoms with Crippen LogP contribution < -0.4 is 9.46 Å². The highest BCUT2D eigenvalue weighted by Crippen LogP contribution is 2.40. The van der Waals surface area contributed by atoms with E-state index in [-0.39, 0.29) is 22.6 Å². The number of benzene rings is 2. The molecular formula is C29H29ClF3N3O4S. The molecule has 2 N–H and O–H groups in total. The van der Waals surface area contributed by atoms with Crippen LogP contribution in [0, 0.1) is 0 Å². The van der Waals surface area contributed by atoms with Gasteiger partial charge in [0.15, 0.2) is 0 Å². The maximum absolute atomic E-state index is 12.9. The summed E-state index contributed by atoms with van der Waals surface area (Å²) in [6.45, 7) is 0.420. The summed E-state index contributed by atoms with van der Waals surface area (Å²) in [4.78, 5) is 6.30. The molecule has 218 valence electrons. The number of piperidine rings is 1. The molecule has 1 fully saturated rings. The number of nitrogens with zero attached hydrogens (tertiary/aromatic N) is 2. The summed E-state index contributed by atoms with van der Waals surface area (Å²) < 4.78 is 71.8. The molecule has 0 aliphatic carbocycles. The van der Waals surface area contributed by atoms with Crippen molar-refractivity contribution in [2.45, 2.75) is 42.4 Å². The highest BCUT2D eigenvalue weighted by molar-refractivity contribution is 7.89. The van der Waals surface area contributed by atoms with Crippen molar-refractivity contribution in [3.63, 3.8) is 0 Å². The zero-order chi connectivity index (χ0) is 29.3. The Bertz CT molecular complexity index is 1540. The molecule has 0 unspecified atom stereocenters. The number of pyridine rings is 1. The summed E-state index contributed by atoms with van der Waals surface area (Å²) in [6.07, 6.45) is 0.761. The van der Waals surface area contributed by atoms with Gasteiger partial charge in [-0.3, -0.25) is 0 Å². The summed E-state index contributed by atoms with van der Waals surface area (Å²) in [5.41, 5.74) is 1.65. The van der Waals surface area contributed by atoms with Gasteiger partial charge in [-0.2, -0.15) is 13.2 Å². The molecule has 0 spiro atoms. The number of halogens is 4. The molecule has 1 saturated heterocycles. The van der Waals surface area contributed by atoms with E-state index < -0.39 is 28.3 Å². The molecule has 41 heavy (non-hydrogen) atoms. The number of aliphatic hydroxyl groups is 1. The average Bonchev–Trinajstić information content (AvgIpc) is 3.09. The van der Waals surface area contributed by atoms with Gasteiger partial charge in [-0.25, -0.2) is 18.1 Å². The van der Waals surface area contributed by atoms with Gasteiger partial charge in [-0.15, -0.1) is 0 Å². The van der Waals surface area contributed by atoms with Crippen LogP contribution in [0.5, 0.6) is 11.6 Å². The van der Waals surface area contributed by atoms with Gasteiger partial charge in [0.05, 0.1) is 10.5 Å². The molecule has 0 saturated carbocycles. The number of nitrogens with one attached hydrogen (secondary N) is 1. The standard InChI is InChI=1S/C29H29ClF3N3O4S/c30-22-10-8-21(9-11-22)28(37)12-16-36(17-13-28)15-3-4-20-18-24-25(40-27-23(20)5-2-14-34-27)6-1-7-26(24)41(38,39)35-19-29(31,32)33/h1-2,4-11,14,35,37H,3,12-13,15-19H2. The van der Waals surface area contributed by atoms with Gasteiger partial charge >= 0.3 is 6.18 Å². The smallest absolute Gasteiger partial charge is 0.402 e. The quantitative estimate of drug-likeness (QED) is 0.359. The minimum Gasteiger partial charge on any atom is -0.438 e. The van der Waals surface area contributed by atoms with Gasteiger partial charge in [-0.05, 0) is 66.8 Å². The van der Waals surface area contributed by atoms with Gasteiger partial charge in [0.25, 0.3) is 0 Å². The number of allylic oxidation sites excluding steroid dienone is 1. The van der Waals surface area contributed by atoms with Gasteiger partial charge < -0.3 is 14.7 Å². The van der Waals surface area contributed by atoms with Crippen LogP contribution in [-0.4, -0.2) is 55.8 Å². The van der Waals surface area contributed by atoms with Crippen LogP contribution in [0.2, 0.25) is 5.02 Å². The number of likely N-dealkylation sites (tertiary alicyclic amines) is 1. The second-order valence-corrected chi connectivity index (χ2v) is 12.4. The van der Waals surface area contributed by atoms with E-state index in [1.54, 1.807) is 35.2 Å². The lowest BCUT2D eigenvalue weighted by Crippen LogP contribution is -2.42. The number of sulfonamides is 1. The Morgan fingerprint density at radius 3 is 2.54 bits per heavy atom. The highest BCUT2D eigenvalue weighted by Gasteiger charge is 2.34. The topological polar surface area (TPSA) is 91.8 Å². The molecule has 0 atom stereocenters. The largest absolute Gasteiger partial charge is 0.438 e. The number of ether oxygens (including phenoxy) is 1. The third-order valence-electron chi connectivity index (χ3n) is 7.43. The minimum absolute atomic E-state index is 0.132. The van der Waals surface area contributed by atoms with Gasteiger partial charge in [-0.1, -0.05) is 35.9 Å². The first-order valence-corrected chi connectivity index (χ1v) is 15.0. The minimum atomic E-state index is -4.69. The molecule has 0 bridgehead atoms. The van der Waals surface area contributed by atoms with Crippen LogP contribution in [0.15, 0.2) is 71.8 Å². The van der Waals surface area contributed by atoms with Crippen LogP contribution in [0.1, 0.15) is 36.0 Å². The lowest BCUT2D eigenvalue weighted by molar-refractivity contribution is -0.121. The van der Waals surface area contributed by atoms with Crippen molar-refractivity contribution in [2.75, 3.05) is 26.2 Å². The summed E-state index contributed by atoms with van der Waals surface area (Å²) in [5, 5.41) is 11.8. The lowest BCUT2D eigenvalue weighted by Gasteiger charge is -2.38. The van der Waals surface area contributed by atoms with E-state index in [0.717, 1.165) is 11.1 Å². The Balaban J connectivity index is 1.33. The molecule has 2 aromatic carbocycles. The van der Waals surface area contributed by atoms with Crippen molar-refractivity contribution in [1.29, 1.82) is 0 Å². The fraction of sp³-hybridized carbons (Fsp3) is 0.345. The van der Waals surface area contributed by atoms with E-state index >= 15 is 0 Å². The van der Waals surface area contributed by atoms with Crippen LogP contribution >= 0.6 is 11.6 Å². The van der Waals surface area contributed by atoms with Crippen molar-refractivity contribution in [3.8, 4) is 11.6 Å². The summed E-state index contributed by atoms with van der Waals surface area (Å²) in [6, 6.07) is 15.1. The monoisotopic (exact) mass is 607 g/mol. The summed E-state index contributed by atoms with van der Waals surface area (Å²) >= 11 is 5.99. The molecular weight excluding hydrogens is 579 g/mol. The number of hydrogen-bond acceptors (Lipinski definition) is 6. The Labute approximate surface area is 241 Å². The predicted molar refractivity (Wildman–Crippen MR) is 149 cm³/mol. The second-order valence-electron chi connectivity index (χ2n) is 10.2. The highest BCUT2D eigenvalue weighted by atomic mass is 35.5. The number of rotatable bonds is 7. The van der Waals surface area contributed by atoms with Crippen molar-refractivity contribution in [2.24, 2.45) is 0 Å². The van der Waals surface area contributed by atoms with Gasteiger partial charge in [0, 0.05) is 48.4 Å². The molecule has 0 amide bonds. The maximum atomic E-state index is 12.9. The normalized spacial score (nSPS) is 18.3. The molecule has 0 radical (unpaired) electrons. The zero-order valence-electron chi connectivity index (χ0n) is 22.0. The van der Waals surface area contributed by atoms with Crippen LogP contribution in [0.4, 0.5) is 13.2 Å². The van der Waals surface area contributed by atoms with Crippen LogP contribution in [0.25, 0.3) is 5.57 Å². The van der Waals surface area contributed by atoms with Crippen molar-refractivity contribution < 1.29 is 31.4 Å². The fourth-order valence-electron chi connectivity index (χ4n) is 5.23. The lowest BCUT2D eigenvalue weighted by atomic mass is 9.84. The van der Waals surface area contributed by atoms with E-state index in [2.05, 4.69) is 9.88 Å². The maximum Gasteiger partial charge on any atom is 0.402 e. The number of fused-ring (bicyclic) bond motifs is 2. The summed E-state index contributed by atoms with van der Waals surface area (Å²) in [7, 11) is -4.47. The molecule has 12 heteroatoms. The van der Waals surface area contributed by atoms with Crippen LogP contribution in [0.3, 0.4) is 0 Å². The number of alkyl halides is 3.